The van der Waals surface area contributed by atoms with Crippen LogP contribution in [0.25, 0.3) is 21.6 Å². The maximum atomic E-state index is 12.8. The Hall–Kier alpha value is -2.09. The Balaban J connectivity index is 1.33. The Labute approximate surface area is 209 Å². The summed E-state index contributed by atoms with van der Waals surface area (Å²) in [6.45, 7) is 5.76. The molecule has 12 heteroatoms. The minimum absolute atomic E-state index is 0.201. The molecule has 2 unspecified atom stereocenters. The van der Waals surface area contributed by atoms with Crippen LogP contribution in [0.15, 0.2) is 24.7 Å². The van der Waals surface area contributed by atoms with Gasteiger partial charge in [0, 0.05) is 43.1 Å². The van der Waals surface area contributed by atoms with Gasteiger partial charge in [0.1, 0.15) is 10.7 Å². The third kappa shape index (κ3) is 4.83. The fourth-order valence-electron chi connectivity index (χ4n) is 5.15. The lowest BCUT2D eigenvalue weighted by Crippen LogP contribution is -2.51. The van der Waals surface area contributed by atoms with E-state index in [2.05, 4.69) is 25.0 Å². The molecule has 0 aromatic carbocycles. The van der Waals surface area contributed by atoms with Gasteiger partial charge in [-0.15, -0.1) is 11.3 Å². The monoisotopic (exact) mass is 520 g/mol. The van der Waals surface area contributed by atoms with Gasteiger partial charge in [-0.25, -0.2) is 9.97 Å². The van der Waals surface area contributed by atoms with E-state index in [4.69, 9.17) is 0 Å². The molecule has 35 heavy (non-hydrogen) atoms. The molecule has 4 atom stereocenters. The van der Waals surface area contributed by atoms with E-state index < -0.39 is 21.9 Å². The average molecular weight is 521 g/mol. The zero-order valence-electron chi connectivity index (χ0n) is 20.0. The van der Waals surface area contributed by atoms with E-state index in [1.54, 1.807) is 27.0 Å². The Morgan fingerprint density at radius 3 is 2.60 bits per heavy atom. The third-order valence-electron chi connectivity index (χ3n) is 6.96. The van der Waals surface area contributed by atoms with Gasteiger partial charge in [0.25, 0.3) is 10.2 Å². The van der Waals surface area contributed by atoms with Crippen molar-refractivity contribution in [2.24, 2.45) is 11.8 Å². The maximum absolute atomic E-state index is 12.8. The number of fused-ring (bicyclic) bond motifs is 2. The molecular weight excluding hydrogens is 488 g/mol. The van der Waals surface area contributed by atoms with E-state index in [0.29, 0.717) is 13.1 Å². The molecule has 1 saturated heterocycles. The normalized spacial score (nSPS) is 24.2. The molecule has 1 aliphatic carbocycles. The van der Waals surface area contributed by atoms with Crippen LogP contribution in [0.5, 0.6) is 0 Å². The summed E-state index contributed by atoms with van der Waals surface area (Å²) in [7, 11) is -3.65. The molecular formula is C23H32N6O4S2. The fourth-order valence-corrected chi connectivity index (χ4v) is 7.69. The number of nitrogens with one attached hydrogen (secondary N) is 3. The first-order chi connectivity index (χ1) is 16.6. The maximum Gasteiger partial charge on any atom is 0.280 e. The molecule has 4 heterocycles. The van der Waals surface area contributed by atoms with Crippen LogP contribution < -0.4 is 10.0 Å². The standard InChI is InChI=1S/C23H32N6O4S2/c1-13(31)19-9-26-22(34-19)18-8-25-21-17(4-5-24-21)20(18)27-16-6-14-10-29(11-15(14)7-16)35(32,33)28-23(2,3)12-30/h4-5,8-9,13-16,28,30-31H,6-7,10-12H2,1-3H3,(H2,24,25,27)/t13?,14-,15+,16?. The summed E-state index contributed by atoms with van der Waals surface area (Å²) in [6.07, 6.45) is 6.53. The number of aliphatic hydroxyl groups excluding tert-OH is 2. The first-order valence-electron chi connectivity index (χ1n) is 11.8. The quantitative estimate of drug-likeness (QED) is 0.307. The number of aromatic nitrogens is 3. The first-order valence-corrected chi connectivity index (χ1v) is 14.1. The van der Waals surface area contributed by atoms with Crippen molar-refractivity contribution < 1.29 is 18.6 Å². The number of rotatable bonds is 8. The van der Waals surface area contributed by atoms with Crippen molar-refractivity contribution in [1.82, 2.24) is 24.0 Å². The molecule has 3 aromatic rings. The van der Waals surface area contributed by atoms with Crippen molar-refractivity contribution in [3.05, 3.63) is 29.5 Å². The highest BCUT2D eigenvalue weighted by atomic mass is 32.2. The van der Waals surface area contributed by atoms with Crippen molar-refractivity contribution in [3.8, 4) is 10.6 Å². The number of hydrogen-bond donors (Lipinski definition) is 5. The van der Waals surface area contributed by atoms with Crippen LogP contribution in [0.2, 0.25) is 0 Å². The number of hydrogen-bond acceptors (Lipinski definition) is 8. The Kier molecular flexibility index (Phi) is 6.39. The second-order valence-corrected chi connectivity index (χ2v) is 13.1. The summed E-state index contributed by atoms with van der Waals surface area (Å²) in [5.74, 6) is 0.546. The van der Waals surface area contributed by atoms with Crippen molar-refractivity contribution in [2.75, 3.05) is 25.0 Å². The topological polar surface area (TPSA) is 143 Å². The van der Waals surface area contributed by atoms with Gasteiger partial charge in [-0.1, -0.05) is 0 Å². The fraction of sp³-hybridized carbons (Fsp3) is 0.565. The van der Waals surface area contributed by atoms with Gasteiger partial charge in [-0.05, 0) is 51.5 Å². The highest BCUT2D eigenvalue weighted by Gasteiger charge is 2.45. The molecule has 0 amide bonds. The summed E-state index contributed by atoms with van der Waals surface area (Å²) in [5.41, 5.74) is 1.75. The number of aromatic amines is 1. The van der Waals surface area contributed by atoms with Crippen LogP contribution in [-0.2, 0) is 10.2 Å². The molecule has 3 aromatic heterocycles. The molecule has 1 saturated carbocycles. The molecule has 5 N–H and O–H groups in total. The average Bonchev–Trinajstić information content (AvgIpc) is 3.55. The summed E-state index contributed by atoms with van der Waals surface area (Å²) in [5, 5.41) is 24.9. The van der Waals surface area contributed by atoms with Crippen LogP contribution >= 0.6 is 11.3 Å². The van der Waals surface area contributed by atoms with Crippen LogP contribution in [-0.4, -0.2) is 69.2 Å². The largest absolute Gasteiger partial charge is 0.394 e. The van der Waals surface area contributed by atoms with Crippen molar-refractivity contribution in [1.29, 1.82) is 0 Å². The van der Waals surface area contributed by atoms with Gasteiger partial charge >= 0.3 is 0 Å². The molecule has 190 valence electrons. The van der Waals surface area contributed by atoms with Crippen LogP contribution in [0.3, 0.4) is 0 Å². The SMILES string of the molecule is CC(O)c1cnc(-c2cnc3[nH]ccc3c2NC2C[C@@H]3CN(S(=O)(=O)NC(C)(C)CO)C[C@@H]3C2)s1. The van der Waals surface area contributed by atoms with Gasteiger partial charge in [0.05, 0.1) is 34.4 Å². The molecule has 10 nitrogen and oxygen atoms in total. The molecule has 1 aliphatic heterocycles. The van der Waals surface area contributed by atoms with Gasteiger partial charge in [0.15, 0.2) is 0 Å². The van der Waals surface area contributed by atoms with Gasteiger partial charge in [0.2, 0.25) is 0 Å². The van der Waals surface area contributed by atoms with E-state index >= 15 is 0 Å². The summed E-state index contributed by atoms with van der Waals surface area (Å²) in [6, 6.07) is 2.20. The van der Waals surface area contributed by atoms with Crippen LogP contribution in [0.1, 0.15) is 44.6 Å². The van der Waals surface area contributed by atoms with Crippen LogP contribution in [0, 0.1) is 11.8 Å². The molecule has 2 fully saturated rings. The van der Waals surface area contributed by atoms with Crippen molar-refractivity contribution in [2.45, 2.75) is 51.3 Å². The predicted molar refractivity (Wildman–Crippen MR) is 136 cm³/mol. The lowest BCUT2D eigenvalue weighted by molar-refractivity contribution is 0.203. The van der Waals surface area contributed by atoms with Crippen LogP contribution in [0.4, 0.5) is 5.69 Å². The van der Waals surface area contributed by atoms with E-state index in [9.17, 15) is 18.6 Å². The summed E-state index contributed by atoms with van der Waals surface area (Å²) >= 11 is 1.45. The Morgan fingerprint density at radius 2 is 1.97 bits per heavy atom. The Bertz CT molecular complexity index is 1300. The molecule has 0 radical (unpaired) electrons. The zero-order valence-corrected chi connectivity index (χ0v) is 21.7. The van der Waals surface area contributed by atoms with E-state index in [1.165, 1.54) is 15.6 Å². The number of pyridine rings is 1. The van der Waals surface area contributed by atoms with Gasteiger partial charge in [-0.2, -0.15) is 17.4 Å². The molecule has 5 rings (SSSR count). The number of anilines is 1. The second-order valence-electron chi connectivity index (χ2n) is 10.3. The highest BCUT2D eigenvalue weighted by molar-refractivity contribution is 7.87. The Morgan fingerprint density at radius 1 is 1.26 bits per heavy atom. The predicted octanol–water partition coefficient (Wildman–Crippen LogP) is 2.47. The number of nitrogens with zero attached hydrogens (tertiary/aromatic N) is 3. The minimum Gasteiger partial charge on any atom is -0.394 e. The van der Waals surface area contributed by atoms with Crippen molar-refractivity contribution in [3.63, 3.8) is 0 Å². The zero-order chi connectivity index (χ0) is 25.0. The van der Waals surface area contributed by atoms with E-state index in [-0.39, 0.29) is 24.5 Å². The lowest BCUT2D eigenvalue weighted by Gasteiger charge is -2.27. The molecule has 0 bridgehead atoms. The first kappa shape index (κ1) is 24.6. The smallest absolute Gasteiger partial charge is 0.280 e. The van der Waals surface area contributed by atoms with Gasteiger partial charge in [-0.3, -0.25) is 0 Å². The molecule has 0 spiro atoms. The van der Waals surface area contributed by atoms with E-state index in [1.807, 2.05) is 18.5 Å². The van der Waals surface area contributed by atoms with E-state index in [0.717, 1.165) is 45.0 Å². The number of thiazole rings is 1. The number of aliphatic hydroxyl groups is 2. The highest BCUT2D eigenvalue weighted by Crippen LogP contribution is 2.43. The lowest BCUT2D eigenvalue weighted by atomic mass is 10.0. The molecule has 2 aliphatic rings. The minimum atomic E-state index is -3.65. The van der Waals surface area contributed by atoms with Gasteiger partial charge < -0.3 is 20.5 Å². The number of H-pyrrole nitrogens is 1. The third-order valence-corrected chi connectivity index (χ3v) is 9.95. The summed E-state index contributed by atoms with van der Waals surface area (Å²) in [4.78, 5) is 13.0. The van der Waals surface area contributed by atoms with Crippen molar-refractivity contribution >= 4 is 38.3 Å². The second kappa shape index (κ2) is 9.09. The summed E-state index contributed by atoms with van der Waals surface area (Å²) < 4.78 is 29.8.